The standard InChI is InChI=1S/C19H27N7/c1-12(2)13(3)23-17-15-10-22-26(4)18(15)25-19(24-17)21-11-16(20)14-8-6-5-7-9-14/h5-10,12-13,16H,11,20H2,1-4H3,(H2,21,23,24,25)/t13-,16-/m0/s1. The first kappa shape index (κ1) is 18.1. The van der Waals surface area contributed by atoms with E-state index in [-0.39, 0.29) is 12.1 Å². The molecular formula is C19H27N7. The summed E-state index contributed by atoms with van der Waals surface area (Å²) in [7, 11) is 1.88. The van der Waals surface area contributed by atoms with Crippen LogP contribution >= 0.6 is 0 Å². The van der Waals surface area contributed by atoms with Crippen molar-refractivity contribution >= 4 is 22.8 Å². The van der Waals surface area contributed by atoms with Crippen LogP contribution in [-0.2, 0) is 7.05 Å². The molecule has 0 radical (unpaired) electrons. The molecular weight excluding hydrogens is 326 g/mol. The number of fused-ring (bicyclic) bond motifs is 1. The molecule has 0 saturated heterocycles. The van der Waals surface area contributed by atoms with E-state index in [0.29, 0.717) is 18.4 Å². The Labute approximate surface area is 154 Å². The molecule has 0 spiro atoms. The van der Waals surface area contributed by atoms with Gasteiger partial charge in [0.1, 0.15) is 5.82 Å². The van der Waals surface area contributed by atoms with E-state index < -0.39 is 0 Å². The molecule has 0 aliphatic rings. The van der Waals surface area contributed by atoms with E-state index in [4.69, 9.17) is 5.73 Å². The molecule has 26 heavy (non-hydrogen) atoms. The summed E-state index contributed by atoms with van der Waals surface area (Å²) in [6.45, 7) is 7.05. The number of benzene rings is 1. The number of nitrogens with zero attached hydrogens (tertiary/aromatic N) is 4. The van der Waals surface area contributed by atoms with Gasteiger partial charge in [-0.25, -0.2) is 0 Å². The van der Waals surface area contributed by atoms with Gasteiger partial charge in [-0.1, -0.05) is 44.2 Å². The maximum absolute atomic E-state index is 6.27. The van der Waals surface area contributed by atoms with Crippen molar-refractivity contribution in [3.8, 4) is 0 Å². The van der Waals surface area contributed by atoms with Gasteiger partial charge in [0.15, 0.2) is 5.65 Å². The first-order valence-electron chi connectivity index (χ1n) is 8.96. The van der Waals surface area contributed by atoms with E-state index in [2.05, 4.69) is 46.5 Å². The fraction of sp³-hybridized carbons (Fsp3) is 0.421. The third-order valence-electron chi connectivity index (χ3n) is 4.66. The van der Waals surface area contributed by atoms with Crippen LogP contribution in [-0.4, -0.2) is 32.3 Å². The highest BCUT2D eigenvalue weighted by atomic mass is 15.3. The monoisotopic (exact) mass is 353 g/mol. The maximum atomic E-state index is 6.27. The van der Waals surface area contributed by atoms with Gasteiger partial charge in [-0.05, 0) is 18.4 Å². The Balaban J connectivity index is 1.83. The van der Waals surface area contributed by atoms with Crippen LogP contribution < -0.4 is 16.4 Å². The van der Waals surface area contributed by atoms with E-state index in [1.165, 1.54) is 0 Å². The van der Waals surface area contributed by atoms with Crippen molar-refractivity contribution in [3.63, 3.8) is 0 Å². The van der Waals surface area contributed by atoms with Crippen LogP contribution in [0.25, 0.3) is 11.0 Å². The number of rotatable bonds is 7. The van der Waals surface area contributed by atoms with Gasteiger partial charge in [-0.3, -0.25) is 4.68 Å². The van der Waals surface area contributed by atoms with Gasteiger partial charge < -0.3 is 16.4 Å². The summed E-state index contributed by atoms with van der Waals surface area (Å²) in [5, 5.41) is 12.0. The highest BCUT2D eigenvalue weighted by molar-refractivity contribution is 5.87. The SMILES string of the molecule is CC(C)[C@H](C)Nc1nc(NC[C@H](N)c2ccccc2)nc2c1cnn2C. The number of hydrogen-bond donors (Lipinski definition) is 3. The molecule has 0 amide bonds. The Morgan fingerprint density at radius 3 is 2.54 bits per heavy atom. The Hall–Kier alpha value is -2.67. The minimum Gasteiger partial charge on any atom is -0.367 e. The van der Waals surface area contributed by atoms with Crippen molar-refractivity contribution in [2.45, 2.75) is 32.9 Å². The Morgan fingerprint density at radius 2 is 1.85 bits per heavy atom. The summed E-state index contributed by atoms with van der Waals surface area (Å²) in [6, 6.07) is 10.2. The van der Waals surface area contributed by atoms with Crippen molar-refractivity contribution in [1.82, 2.24) is 19.7 Å². The van der Waals surface area contributed by atoms with Crippen LogP contribution in [0.2, 0.25) is 0 Å². The zero-order valence-corrected chi connectivity index (χ0v) is 15.8. The molecule has 3 aromatic rings. The zero-order chi connectivity index (χ0) is 18.7. The Kier molecular flexibility index (Phi) is 5.37. The first-order chi connectivity index (χ1) is 12.5. The summed E-state index contributed by atoms with van der Waals surface area (Å²) in [4.78, 5) is 9.26. The summed E-state index contributed by atoms with van der Waals surface area (Å²) in [6.07, 6.45) is 1.80. The fourth-order valence-electron chi connectivity index (χ4n) is 2.61. The summed E-state index contributed by atoms with van der Waals surface area (Å²) in [5.41, 5.74) is 8.14. The van der Waals surface area contributed by atoms with E-state index in [1.807, 2.05) is 37.4 Å². The Bertz CT molecular complexity index is 857. The summed E-state index contributed by atoms with van der Waals surface area (Å²) < 4.78 is 1.75. The summed E-state index contributed by atoms with van der Waals surface area (Å²) >= 11 is 0. The lowest BCUT2D eigenvalue weighted by molar-refractivity contribution is 0.559. The van der Waals surface area contributed by atoms with Crippen molar-refractivity contribution in [2.75, 3.05) is 17.2 Å². The van der Waals surface area contributed by atoms with Crippen molar-refractivity contribution in [1.29, 1.82) is 0 Å². The van der Waals surface area contributed by atoms with Crippen molar-refractivity contribution in [3.05, 3.63) is 42.1 Å². The number of aryl methyl sites for hydroxylation is 1. The lowest BCUT2D eigenvalue weighted by Crippen LogP contribution is -2.24. The number of hydrogen-bond acceptors (Lipinski definition) is 6. The van der Waals surface area contributed by atoms with Gasteiger partial charge in [0.25, 0.3) is 0 Å². The van der Waals surface area contributed by atoms with Crippen LogP contribution in [0.4, 0.5) is 11.8 Å². The maximum Gasteiger partial charge on any atom is 0.226 e. The topological polar surface area (TPSA) is 93.7 Å². The number of nitrogens with two attached hydrogens (primary N) is 1. The molecule has 4 N–H and O–H groups in total. The predicted octanol–water partition coefficient (Wildman–Crippen LogP) is 2.93. The molecule has 138 valence electrons. The lowest BCUT2D eigenvalue weighted by atomic mass is 10.1. The average Bonchev–Trinajstić information content (AvgIpc) is 3.01. The van der Waals surface area contributed by atoms with E-state index >= 15 is 0 Å². The van der Waals surface area contributed by atoms with Gasteiger partial charge in [-0.2, -0.15) is 15.1 Å². The minimum absolute atomic E-state index is 0.131. The number of nitrogens with one attached hydrogen (secondary N) is 2. The second kappa shape index (κ2) is 7.70. The molecule has 1 aromatic carbocycles. The fourth-order valence-corrected chi connectivity index (χ4v) is 2.61. The van der Waals surface area contributed by atoms with E-state index in [1.54, 1.807) is 10.9 Å². The number of aromatic nitrogens is 4. The third-order valence-corrected chi connectivity index (χ3v) is 4.66. The van der Waals surface area contributed by atoms with E-state index in [9.17, 15) is 0 Å². The van der Waals surface area contributed by atoms with Crippen LogP contribution in [0.3, 0.4) is 0 Å². The molecule has 2 aromatic heterocycles. The highest BCUT2D eigenvalue weighted by Gasteiger charge is 2.15. The lowest BCUT2D eigenvalue weighted by Gasteiger charge is -2.19. The van der Waals surface area contributed by atoms with Crippen molar-refractivity contribution < 1.29 is 0 Å². The minimum atomic E-state index is -0.131. The molecule has 0 saturated carbocycles. The molecule has 3 rings (SSSR count). The van der Waals surface area contributed by atoms with Gasteiger partial charge in [0.2, 0.25) is 5.95 Å². The second-order valence-corrected chi connectivity index (χ2v) is 6.98. The molecule has 7 heteroatoms. The van der Waals surface area contributed by atoms with Crippen LogP contribution in [0, 0.1) is 5.92 Å². The quantitative estimate of drug-likeness (QED) is 0.605. The predicted molar refractivity (Wildman–Crippen MR) is 106 cm³/mol. The largest absolute Gasteiger partial charge is 0.367 e. The first-order valence-corrected chi connectivity index (χ1v) is 8.96. The normalized spacial score (nSPS) is 13.8. The van der Waals surface area contributed by atoms with Gasteiger partial charge >= 0.3 is 0 Å². The second-order valence-electron chi connectivity index (χ2n) is 6.98. The van der Waals surface area contributed by atoms with Crippen LogP contribution in [0.15, 0.2) is 36.5 Å². The average molecular weight is 353 g/mol. The molecule has 0 bridgehead atoms. The van der Waals surface area contributed by atoms with Crippen LogP contribution in [0.1, 0.15) is 32.4 Å². The van der Waals surface area contributed by atoms with Gasteiger partial charge in [0.05, 0.1) is 11.6 Å². The molecule has 2 atom stereocenters. The molecule has 0 aliphatic heterocycles. The van der Waals surface area contributed by atoms with Gasteiger partial charge in [0, 0.05) is 25.7 Å². The third kappa shape index (κ3) is 3.94. The van der Waals surface area contributed by atoms with E-state index in [0.717, 1.165) is 22.4 Å². The van der Waals surface area contributed by atoms with Crippen LogP contribution in [0.5, 0.6) is 0 Å². The molecule has 0 unspecified atom stereocenters. The smallest absolute Gasteiger partial charge is 0.226 e. The molecule has 2 heterocycles. The molecule has 0 aliphatic carbocycles. The molecule has 0 fully saturated rings. The highest BCUT2D eigenvalue weighted by Crippen LogP contribution is 2.23. The number of anilines is 2. The van der Waals surface area contributed by atoms with Crippen molar-refractivity contribution in [2.24, 2.45) is 18.7 Å². The Morgan fingerprint density at radius 1 is 1.12 bits per heavy atom. The van der Waals surface area contributed by atoms with Gasteiger partial charge in [-0.15, -0.1) is 0 Å². The summed E-state index contributed by atoms with van der Waals surface area (Å²) in [5.74, 6) is 1.82. The zero-order valence-electron chi connectivity index (χ0n) is 15.8. The molecule has 7 nitrogen and oxygen atoms in total.